The smallest absolute Gasteiger partial charge is 0.164 e. The second-order valence-electron chi connectivity index (χ2n) is 15.6. The molecule has 0 aliphatic carbocycles. The van der Waals surface area contributed by atoms with Crippen LogP contribution in [-0.2, 0) is 0 Å². The van der Waals surface area contributed by atoms with Gasteiger partial charge in [0.1, 0.15) is 5.58 Å². The van der Waals surface area contributed by atoms with Gasteiger partial charge < -0.3 is 13.9 Å². The van der Waals surface area contributed by atoms with E-state index in [1.807, 2.05) is 42.5 Å². The molecule has 0 saturated heterocycles. The van der Waals surface area contributed by atoms with Gasteiger partial charge in [0, 0.05) is 55.3 Å². The van der Waals surface area contributed by atoms with Crippen molar-refractivity contribution in [2.75, 3.05) is 4.90 Å². The summed E-state index contributed by atoms with van der Waals surface area (Å²) in [6, 6.07) is 77.9. The fraction of sp³-hybridized carbons (Fsp3) is 0. The third kappa shape index (κ3) is 6.40. The molecule has 0 atom stereocenters. The Balaban J connectivity index is 0.956. The second-order valence-corrected chi connectivity index (χ2v) is 15.6. The topological polar surface area (TPSA) is 60.0 Å². The van der Waals surface area contributed by atoms with E-state index in [0.29, 0.717) is 17.5 Å². The van der Waals surface area contributed by atoms with E-state index in [1.165, 1.54) is 27.4 Å². The van der Waals surface area contributed by atoms with Crippen LogP contribution in [0.3, 0.4) is 0 Å². The summed E-state index contributed by atoms with van der Waals surface area (Å²) < 4.78 is 9.20. The average Bonchev–Trinajstić information content (AvgIpc) is 3.91. The first-order valence-electron chi connectivity index (χ1n) is 21.1. The van der Waals surface area contributed by atoms with E-state index < -0.39 is 0 Å². The van der Waals surface area contributed by atoms with Crippen molar-refractivity contribution < 1.29 is 4.42 Å². The Morgan fingerprint density at radius 3 is 1.48 bits per heavy atom. The van der Waals surface area contributed by atoms with E-state index in [4.69, 9.17) is 19.4 Å². The summed E-state index contributed by atoms with van der Waals surface area (Å²) in [4.78, 5) is 17.5. The molecule has 6 heteroatoms. The fourth-order valence-corrected chi connectivity index (χ4v) is 8.85. The van der Waals surface area contributed by atoms with Crippen molar-refractivity contribution in [3.05, 3.63) is 224 Å². The fourth-order valence-electron chi connectivity index (χ4n) is 8.85. The summed E-state index contributed by atoms with van der Waals surface area (Å²) in [5.41, 5.74) is 12.9. The molecule has 3 aromatic heterocycles. The third-order valence-corrected chi connectivity index (χ3v) is 11.9. The maximum atomic E-state index is 6.89. The molecule has 6 nitrogen and oxygen atoms in total. The molecule has 0 spiro atoms. The van der Waals surface area contributed by atoms with Crippen LogP contribution in [-0.4, -0.2) is 19.5 Å². The molecule has 63 heavy (non-hydrogen) atoms. The first-order chi connectivity index (χ1) is 31.2. The van der Waals surface area contributed by atoms with Crippen LogP contribution in [0.15, 0.2) is 229 Å². The average molecular weight is 808 g/mol. The van der Waals surface area contributed by atoms with Crippen LogP contribution in [0.5, 0.6) is 0 Å². The van der Waals surface area contributed by atoms with Crippen molar-refractivity contribution in [2.24, 2.45) is 0 Å². The van der Waals surface area contributed by atoms with Crippen LogP contribution in [0.4, 0.5) is 17.1 Å². The Labute approximate surface area is 363 Å². The molecule has 12 rings (SSSR count). The molecule has 0 aliphatic heterocycles. The van der Waals surface area contributed by atoms with Gasteiger partial charge in [-0.1, -0.05) is 146 Å². The highest BCUT2D eigenvalue weighted by Crippen LogP contribution is 2.43. The van der Waals surface area contributed by atoms with E-state index in [9.17, 15) is 0 Å². The summed E-state index contributed by atoms with van der Waals surface area (Å²) >= 11 is 0. The summed E-state index contributed by atoms with van der Waals surface area (Å²) in [7, 11) is 0. The molecule has 0 N–H and O–H groups in total. The van der Waals surface area contributed by atoms with Gasteiger partial charge >= 0.3 is 0 Å². The molecule has 0 amide bonds. The summed E-state index contributed by atoms with van der Waals surface area (Å²) in [6.45, 7) is 0. The lowest BCUT2D eigenvalue weighted by Crippen LogP contribution is -2.10. The largest absolute Gasteiger partial charge is 0.454 e. The lowest BCUT2D eigenvalue weighted by atomic mass is 10.0. The number of anilines is 3. The maximum absolute atomic E-state index is 6.89. The van der Waals surface area contributed by atoms with Gasteiger partial charge in [0.2, 0.25) is 0 Å². The Kier molecular flexibility index (Phi) is 8.71. The van der Waals surface area contributed by atoms with Gasteiger partial charge in [0.15, 0.2) is 23.1 Å². The molecule has 0 saturated carbocycles. The number of furan rings is 1. The highest BCUT2D eigenvalue weighted by atomic mass is 16.3. The number of fused-ring (bicyclic) bond motifs is 6. The Hall–Kier alpha value is -8.61. The predicted octanol–water partition coefficient (Wildman–Crippen LogP) is 15.0. The van der Waals surface area contributed by atoms with Gasteiger partial charge in [0.05, 0.1) is 16.7 Å². The van der Waals surface area contributed by atoms with Gasteiger partial charge in [-0.2, -0.15) is 0 Å². The first-order valence-corrected chi connectivity index (χ1v) is 21.1. The van der Waals surface area contributed by atoms with E-state index in [2.05, 4.69) is 191 Å². The zero-order valence-corrected chi connectivity index (χ0v) is 34.0. The zero-order chi connectivity index (χ0) is 41.7. The first kappa shape index (κ1) is 36.3. The molecular weight excluding hydrogens is 771 g/mol. The Morgan fingerprint density at radius 1 is 0.349 bits per heavy atom. The van der Waals surface area contributed by atoms with Gasteiger partial charge in [-0.05, 0) is 90.0 Å². The molecule has 0 unspecified atom stereocenters. The van der Waals surface area contributed by atoms with E-state index >= 15 is 0 Å². The lowest BCUT2D eigenvalue weighted by Gasteiger charge is -2.25. The maximum Gasteiger partial charge on any atom is 0.164 e. The highest BCUT2D eigenvalue weighted by molar-refractivity contribution is 6.11. The van der Waals surface area contributed by atoms with E-state index in [-0.39, 0.29) is 0 Å². The predicted molar refractivity (Wildman–Crippen MR) is 258 cm³/mol. The minimum Gasteiger partial charge on any atom is -0.454 e. The molecule has 0 aliphatic rings. The van der Waals surface area contributed by atoms with Crippen LogP contribution in [0.1, 0.15) is 0 Å². The van der Waals surface area contributed by atoms with Gasteiger partial charge in [-0.15, -0.1) is 0 Å². The number of hydrogen-bond donors (Lipinski definition) is 0. The molecule has 3 heterocycles. The molecular formula is C57H37N5O. The van der Waals surface area contributed by atoms with E-state index in [0.717, 1.165) is 66.9 Å². The highest BCUT2D eigenvalue weighted by Gasteiger charge is 2.21. The van der Waals surface area contributed by atoms with Crippen molar-refractivity contribution in [2.45, 2.75) is 0 Å². The van der Waals surface area contributed by atoms with Crippen LogP contribution in [0.2, 0.25) is 0 Å². The number of para-hydroxylation sites is 4. The van der Waals surface area contributed by atoms with Crippen molar-refractivity contribution in [3.8, 4) is 51.0 Å². The summed E-state index contributed by atoms with van der Waals surface area (Å²) in [5, 5.41) is 4.50. The van der Waals surface area contributed by atoms with Crippen LogP contribution in [0.25, 0.3) is 94.7 Å². The molecule has 0 radical (unpaired) electrons. The molecule has 12 aromatic rings. The van der Waals surface area contributed by atoms with Gasteiger partial charge in [0.25, 0.3) is 0 Å². The van der Waals surface area contributed by atoms with E-state index in [1.54, 1.807) is 0 Å². The van der Waals surface area contributed by atoms with Crippen molar-refractivity contribution in [1.82, 2.24) is 19.5 Å². The SMILES string of the molecule is c1ccc(-c2ccc(N(c3ccccc3)c3cccc4c3oc3cc(-c5nc(-c6ccccc6)nc(-c6ccc(-n7c8ccccc8c8ccccc87)cc6)n5)ccc34)cc2)cc1. The molecule has 0 fully saturated rings. The number of nitrogens with zero attached hydrogens (tertiary/aromatic N) is 5. The standard InChI is InChI=1S/C57H37N5O/c1-4-15-38(16-5-1)39-27-32-44(33-28-39)61(43-19-8-3-9-20-43)52-26-14-23-49-48-36-31-42(37-53(48)63-54(49)52)57-59-55(40-17-6-2-7-18-40)58-56(60-57)41-29-34-45(35-30-41)62-50-24-12-10-21-46(50)47-22-11-13-25-51(47)62/h1-37H. The second kappa shape index (κ2) is 15.1. The quantitative estimate of drug-likeness (QED) is 0.153. The van der Waals surface area contributed by atoms with Crippen LogP contribution < -0.4 is 4.90 Å². The Morgan fingerprint density at radius 2 is 0.825 bits per heavy atom. The van der Waals surface area contributed by atoms with Crippen molar-refractivity contribution in [3.63, 3.8) is 0 Å². The lowest BCUT2D eigenvalue weighted by molar-refractivity contribution is 0.669. The minimum atomic E-state index is 0.567. The normalized spacial score (nSPS) is 11.5. The summed E-state index contributed by atoms with van der Waals surface area (Å²) in [5.74, 6) is 1.76. The molecule has 0 bridgehead atoms. The van der Waals surface area contributed by atoms with Gasteiger partial charge in [-0.3, -0.25) is 0 Å². The Bertz CT molecular complexity index is 3550. The molecule has 296 valence electrons. The van der Waals surface area contributed by atoms with Crippen molar-refractivity contribution in [1.29, 1.82) is 0 Å². The number of aromatic nitrogens is 4. The number of hydrogen-bond acceptors (Lipinski definition) is 5. The molecule has 9 aromatic carbocycles. The number of benzene rings is 9. The van der Waals surface area contributed by atoms with Crippen LogP contribution in [0, 0.1) is 0 Å². The number of rotatable bonds is 8. The van der Waals surface area contributed by atoms with Crippen LogP contribution >= 0.6 is 0 Å². The van der Waals surface area contributed by atoms with Gasteiger partial charge in [-0.25, -0.2) is 15.0 Å². The minimum absolute atomic E-state index is 0.567. The third-order valence-electron chi connectivity index (χ3n) is 11.9. The summed E-state index contributed by atoms with van der Waals surface area (Å²) in [6.07, 6.45) is 0. The zero-order valence-electron chi connectivity index (χ0n) is 34.0. The van der Waals surface area contributed by atoms with Crippen molar-refractivity contribution >= 4 is 60.8 Å². The monoisotopic (exact) mass is 807 g/mol.